The van der Waals surface area contributed by atoms with Gasteiger partial charge in [-0.25, -0.2) is 0 Å². The number of aromatic hydroxyl groups is 1. The fraction of sp³-hybridized carbons (Fsp3) is 0.533. The molecule has 2 atom stereocenters. The van der Waals surface area contributed by atoms with Crippen molar-refractivity contribution in [1.29, 1.82) is 0 Å². The van der Waals surface area contributed by atoms with E-state index in [9.17, 15) is 9.90 Å². The van der Waals surface area contributed by atoms with Crippen LogP contribution in [0.4, 0.5) is 0 Å². The zero-order valence-electron chi connectivity index (χ0n) is 12.0. The van der Waals surface area contributed by atoms with Gasteiger partial charge in [-0.3, -0.25) is 10.1 Å². The average molecular weight is 344 g/mol. The summed E-state index contributed by atoms with van der Waals surface area (Å²) in [7, 11) is 0. The Balaban J connectivity index is 1.72. The van der Waals surface area contributed by atoms with Crippen molar-refractivity contribution in [2.75, 3.05) is 13.1 Å². The summed E-state index contributed by atoms with van der Waals surface area (Å²) in [6, 6.07) is 2.88. The van der Waals surface area contributed by atoms with E-state index in [1.807, 2.05) is 0 Å². The Bertz CT molecular complexity index is 578. The maximum Gasteiger partial charge on any atom is 0.237 e. The Labute approximate surface area is 139 Å². The molecule has 1 amide bonds. The van der Waals surface area contributed by atoms with E-state index in [0.29, 0.717) is 15.6 Å². The second kappa shape index (κ2) is 6.62. The van der Waals surface area contributed by atoms with Crippen LogP contribution in [0, 0.1) is 0 Å². The van der Waals surface area contributed by atoms with Gasteiger partial charge in [0.15, 0.2) is 0 Å². The fourth-order valence-corrected chi connectivity index (χ4v) is 3.41. The maximum atomic E-state index is 12.3. The second-order valence-electron chi connectivity index (χ2n) is 5.86. The number of phenols is 1. The lowest BCUT2D eigenvalue weighted by Crippen LogP contribution is -2.60. The summed E-state index contributed by atoms with van der Waals surface area (Å²) in [5.41, 5.74) is 0.581. The predicted molar refractivity (Wildman–Crippen MR) is 86.4 cm³/mol. The van der Waals surface area contributed by atoms with E-state index in [0.717, 1.165) is 32.4 Å². The minimum atomic E-state index is -0.270. The monoisotopic (exact) mass is 343 g/mol. The molecule has 2 heterocycles. The van der Waals surface area contributed by atoms with Crippen molar-refractivity contribution in [3.63, 3.8) is 0 Å². The molecule has 0 aliphatic carbocycles. The van der Waals surface area contributed by atoms with Crippen molar-refractivity contribution in [1.82, 2.24) is 16.0 Å². The van der Waals surface area contributed by atoms with E-state index < -0.39 is 0 Å². The third-order valence-electron chi connectivity index (χ3n) is 4.29. The molecule has 22 heavy (non-hydrogen) atoms. The third-order valence-corrected chi connectivity index (χ3v) is 5.11. The molecule has 2 saturated heterocycles. The SMILES string of the molecule is O=C(NC1CNC1)C1CCCC(c2c(O)ccc(Cl)c2Cl)N1. The topological polar surface area (TPSA) is 73.4 Å². The van der Waals surface area contributed by atoms with Crippen LogP contribution in [0.2, 0.25) is 10.0 Å². The lowest BCUT2D eigenvalue weighted by atomic mass is 9.92. The molecule has 120 valence electrons. The molecular formula is C15H19Cl2N3O2. The Kier molecular flexibility index (Phi) is 4.78. The zero-order chi connectivity index (χ0) is 15.7. The number of phenolic OH excluding ortho intramolecular Hbond substituents is 1. The molecule has 0 aromatic heterocycles. The van der Waals surface area contributed by atoms with Gasteiger partial charge in [0, 0.05) is 24.7 Å². The lowest BCUT2D eigenvalue weighted by Gasteiger charge is -2.34. The van der Waals surface area contributed by atoms with Crippen LogP contribution >= 0.6 is 23.2 Å². The number of nitrogens with one attached hydrogen (secondary N) is 3. The summed E-state index contributed by atoms with van der Waals surface area (Å²) in [5.74, 6) is 0.116. The van der Waals surface area contributed by atoms with Gasteiger partial charge in [-0.2, -0.15) is 0 Å². The summed E-state index contributed by atoms with van der Waals surface area (Å²) < 4.78 is 0. The Hall–Kier alpha value is -1.01. The van der Waals surface area contributed by atoms with Gasteiger partial charge in [-0.05, 0) is 31.4 Å². The van der Waals surface area contributed by atoms with E-state index in [4.69, 9.17) is 23.2 Å². The standard InChI is InChI=1S/C15H19Cl2N3O2/c16-9-4-5-12(21)13(14(9)17)10-2-1-3-11(20-10)15(22)19-8-6-18-7-8/h4-5,8,10-11,18,20-21H,1-3,6-7H2,(H,19,22). The molecule has 5 nitrogen and oxygen atoms in total. The van der Waals surface area contributed by atoms with Crippen LogP contribution in [0.1, 0.15) is 30.9 Å². The molecule has 0 bridgehead atoms. The summed E-state index contributed by atoms with van der Waals surface area (Å²) in [5, 5.41) is 20.3. The Morgan fingerprint density at radius 3 is 2.73 bits per heavy atom. The number of benzene rings is 1. The minimum absolute atomic E-state index is 0.00819. The second-order valence-corrected chi connectivity index (χ2v) is 6.65. The molecule has 2 aliphatic heterocycles. The van der Waals surface area contributed by atoms with E-state index in [1.165, 1.54) is 6.07 Å². The molecule has 7 heteroatoms. The number of carbonyl (C=O) groups is 1. The van der Waals surface area contributed by atoms with E-state index in [2.05, 4.69) is 16.0 Å². The number of halogens is 2. The number of hydrogen-bond donors (Lipinski definition) is 4. The molecular weight excluding hydrogens is 325 g/mol. The maximum absolute atomic E-state index is 12.3. The number of amides is 1. The van der Waals surface area contributed by atoms with Gasteiger partial charge >= 0.3 is 0 Å². The van der Waals surface area contributed by atoms with Crippen molar-refractivity contribution in [3.05, 3.63) is 27.7 Å². The van der Waals surface area contributed by atoms with Gasteiger partial charge in [0.1, 0.15) is 5.75 Å². The van der Waals surface area contributed by atoms with E-state index in [-0.39, 0.29) is 29.8 Å². The highest BCUT2D eigenvalue weighted by Crippen LogP contribution is 2.39. The van der Waals surface area contributed by atoms with Crippen molar-refractivity contribution in [3.8, 4) is 5.75 Å². The molecule has 0 saturated carbocycles. The van der Waals surface area contributed by atoms with Crippen LogP contribution in [0.15, 0.2) is 12.1 Å². The summed E-state index contributed by atoms with van der Waals surface area (Å²) >= 11 is 12.3. The molecule has 2 fully saturated rings. The summed E-state index contributed by atoms with van der Waals surface area (Å²) in [4.78, 5) is 12.3. The smallest absolute Gasteiger partial charge is 0.237 e. The highest BCUT2D eigenvalue weighted by molar-refractivity contribution is 6.42. The highest BCUT2D eigenvalue weighted by atomic mass is 35.5. The quantitative estimate of drug-likeness (QED) is 0.677. The van der Waals surface area contributed by atoms with Gasteiger partial charge in [0.05, 0.1) is 22.1 Å². The highest BCUT2D eigenvalue weighted by Gasteiger charge is 2.31. The van der Waals surface area contributed by atoms with Crippen LogP contribution in [-0.4, -0.2) is 36.2 Å². The van der Waals surface area contributed by atoms with E-state index in [1.54, 1.807) is 6.07 Å². The first-order chi connectivity index (χ1) is 10.6. The number of rotatable bonds is 3. The van der Waals surface area contributed by atoms with Crippen molar-refractivity contribution < 1.29 is 9.90 Å². The van der Waals surface area contributed by atoms with Gasteiger partial charge in [-0.15, -0.1) is 0 Å². The normalized spacial score (nSPS) is 25.5. The molecule has 2 unspecified atom stereocenters. The van der Waals surface area contributed by atoms with Gasteiger partial charge in [0.25, 0.3) is 0 Å². The number of piperidine rings is 1. The molecule has 0 radical (unpaired) electrons. The Morgan fingerprint density at radius 2 is 2.05 bits per heavy atom. The molecule has 1 aromatic carbocycles. The predicted octanol–water partition coefficient (Wildman–Crippen LogP) is 1.97. The fourth-order valence-electron chi connectivity index (χ4n) is 2.95. The first-order valence-electron chi connectivity index (χ1n) is 7.50. The molecule has 3 rings (SSSR count). The molecule has 0 spiro atoms. The van der Waals surface area contributed by atoms with Gasteiger partial charge in [-0.1, -0.05) is 23.2 Å². The largest absolute Gasteiger partial charge is 0.508 e. The van der Waals surface area contributed by atoms with Crippen molar-refractivity contribution >= 4 is 29.1 Å². The van der Waals surface area contributed by atoms with Crippen LogP contribution in [-0.2, 0) is 4.79 Å². The summed E-state index contributed by atoms with van der Waals surface area (Å²) in [6.45, 7) is 1.64. The van der Waals surface area contributed by atoms with E-state index >= 15 is 0 Å². The van der Waals surface area contributed by atoms with Crippen LogP contribution in [0.3, 0.4) is 0 Å². The molecule has 1 aromatic rings. The first-order valence-corrected chi connectivity index (χ1v) is 8.26. The van der Waals surface area contributed by atoms with Crippen molar-refractivity contribution in [2.24, 2.45) is 0 Å². The lowest BCUT2D eigenvalue weighted by molar-refractivity contribution is -0.125. The van der Waals surface area contributed by atoms with Crippen LogP contribution < -0.4 is 16.0 Å². The first kappa shape index (κ1) is 15.9. The molecule has 2 aliphatic rings. The zero-order valence-corrected chi connectivity index (χ0v) is 13.5. The van der Waals surface area contributed by atoms with Gasteiger partial charge < -0.3 is 15.7 Å². The van der Waals surface area contributed by atoms with Crippen LogP contribution in [0.25, 0.3) is 0 Å². The average Bonchev–Trinajstić information content (AvgIpc) is 2.47. The van der Waals surface area contributed by atoms with Crippen molar-refractivity contribution in [2.45, 2.75) is 37.4 Å². The van der Waals surface area contributed by atoms with Crippen LogP contribution in [0.5, 0.6) is 5.75 Å². The molecule has 4 N–H and O–H groups in total. The Morgan fingerprint density at radius 1 is 1.27 bits per heavy atom. The third kappa shape index (κ3) is 3.18. The minimum Gasteiger partial charge on any atom is -0.508 e. The summed E-state index contributed by atoms with van der Waals surface area (Å²) in [6.07, 6.45) is 2.48. The number of carbonyl (C=O) groups excluding carboxylic acids is 1. The van der Waals surface area contributed by atoms with Gasteiger partial charge in [0.2, 0.25) is 5.91 Å². The number of hydrogen-bond acceptors (Lipinski definition) is 4.